The molecule has 3 rings (SSSR count). The van der Waals surface area contributed by atoms with Crippen molar-refractivity contribution in [1.82, 2.24) is 8.87 Å². The second-order valence-corrected chi connectivity index (χ2v) is 8.75. The van der Waals surface area contributed by atoms with Gasteiger partial charge in [-0.05, 0) is 38.0 Å². The lowest BCUT2D eigenvalue weighted by Crippen LogP contribution is -2.43. The zero-order chi connectivity index (χ0) is 21.9. The molecule has 1 unspecified atom stereocenters. The second-order valence-electron chi connectivity index (χ2n) is 6.86. The summed E-state index contributed by atoms with van der Waals surface area (Å²) in [6, 6.07) is 7.35. The molecule has 1 amide bonds. The molecule has 0 bridgehead atoms. The highest BCUT2D eigenvalue weighted by Crippen LogP contribution is 2.29. The van der Waals surface area contributed by atoms with Crippen molar-refractivity contribution in [3.8, 4) is 5.75 Å². The van der Waals surface area contributed by atoms with Crippen molar-refractivity contribution in [3.05, 3.63) is 42.2 Å². The number of para-hydroxylation sites is 2. The van der Waals surface area contributed by atoms with Crippen LogP contribution < -0.4 is 10.1 Å². The van der Waals surface area contributed by atoms with Crippen molar-refractivity contribution in [3.63, 3.8) is 0 Å². The predicted molar refractivity (Wildman–Crippen MR) is 110 cm³/mol. The van der Waals surface area contributed by atoms with E-state index in [2.05, 4.69) is 5.32 Å². The van der Waals surface area contributed by atoms with Gasteiger partial charge in [0.1, 0.15) is 22.4 Å². The number of hydrogen-bond acceptors (Lipinski definition) is 6. The predicted octanol–water partition coefficient (Wildman–Crippen LogP) is 2.00. The van der Waals surface area contributed by atoms with E-state index in [9.17, 15) is 18.0 Å². The maximum Gasteiger partial charge on any atom is 0.354 e. The first kappa shape index (κ1) is 21.8. The Morgan fingerprint density at radius 3 is 2.70 bits per heavy atom. The summed E-state index contributed by atoms with van der Waals surface area (Å²) in [6.07, 6.45) is 2.31. The highest BCUT2D eigenvalue weighted by atomic mass is 32.2. The van der Waals surface area contributed by atoms with Crippen molar-refractivity contribution >= 4 is 27.6 Å². The van der Waals surface area contributed by atoms with Gasteiger partial charge in [-0.1, -0.05) is 12.1 Å². The Morgan fingerprint density at radius 1 is 1.27 bits per heavy atom. The fourth-order valence-corrected chi connectivity index (χ4v) is 5.20. The molecule has 2 aromatic rings. The van der Waals surface area contributed by atoms with Crippen LogP contribution in [0.3, 0.4) is 0 Å². The summed E-state index contributed by atoms with van der Waals surface area (Å²) in [5.74, 6) is -0.546. The quantitative estimate of drug-likeness (QED) is 0.667. The Labute approximate surface area is 175 Å². The molecule has 1 aromatic heterocycles. The minimum Gasteiger partial charge on any atom is -0.495 e. The summed E-state index contributed by atoms with van der Waals surface area (Å²) in [6.45, 7) is 2.08. The highest BCUT2D eigenvalue weighted by molar-refractivity contribution is 7.89. The Balaban J connectivity index is 1.84. The summed E-state index contributed by atoms with van der Waals surface area (Å²) in [5, 5.41) is 2.76. The van der Waals surface area contributed by atoms with Gasteiger partial charge in [0.25, 0.3) is 0 Å². The van der Waals surface area contributed by atoms with Crippen LogP contribution in [0.5, 0.6) is 5.75 Å². The zero-order valence-electron chi connectivity index (χ0n) is 17.1. The number of carbonyl (C=O) groups is 2. The van der Waals surface area contributed by atoms with Gasteiger partial charge >= 0.3 is 5.97 Å². The minimum absolute atomic E-state index is 0.0509. The average molecular weight is 436 g/mol. The number of benzene rings is 1. The molecular formula is C20H25N3O6S. The molecule has 1 saturated heterocycles. The maximum absolute atomic E-state index is 13.2. The van der Waals surface area contributed by atoms with E-state index in [-0.39, 0.29) is 23.7 Å². The van der Waals surface area contributed by atoms with E-state index >= 15 is 0 Å². The number of aryl methyl sites for hydroxylation is 1. The first-order valence-corrected chi connectivity index (χ1v) is 11.0. The van der Waals surface area contributed by atoms with Crippen LogP contribution in [0, 0.1) is 0 Å². The topological polar surface area (TPSA) is 107 Å². The molecule has 30 heavy (non-hydrogen) atoms. The highest BCUT2D eigenvalue weighted by Gasteiger charge is 2.40. The summed E-state index contributed by atoms with van der Waals surface area (Å²) < 4.78 is 39.2. The molecule has 1 aliphatic rings. The molecule has 1 N–H and O–H groups in total. The van der Waals surface area contributed by atoms with E-state index in [1.807, 2.05) is 0 Å². The molecule has 1 atom stereocenters. The van der Waals surface area contributed by atoms with E-state index in [4.69, 9.17) is 9.47 Å². The van der Waals surface area contributed by atoms with Gasteiger partial charge in [-0.2, -0.15) is 4.31 Å². The minimum atomic E-state index is -3.98. The number of nitrogens with one attached hydrogen (secondary N) is 1. The number of rotatable bonds is 7. The zero-order valence-corrected chi connectivity index (χ0v) is 17.9. The number of ether oxygens (including phenoxy) is 2. The smallest absolute Gasteiger partial charge is 0.354 e. The third-order valence-electron chi connectivity index (χ3n) is 4.94. The van der Waals surface area contributed by atoms with Crippen molar-refractivity contribution in [1.29, 1.82) is 0 Å². The Bertz CT molecular complexity index is 1050. The van der Waals surface area contributed by atoms with E-state index < -0.39 is 27.9 Å². The Hall–Kier alpha value is -2.85. The first-order chi connectivity index (χ1) is 14.3. The number of nitrogens with zero attached hydrogens (tertiary/aromatic N) is 2. The second kappa shape index (κ2) is 8.88. The summed E-state index contributed by atoms with van der Waals surface area (Å²) in [5.41, 5.74) is 0.600. The lowest BCUT2D eigenvalue weighted by atomic mass is 10.2. The van der Waals surface area contributed by atoms with Crippen LogP contribution in [0.4, 0.5) is 5.69 Å². The molecule has 0 saturated carbocycles. The molecule has 162 valence electrons. The van der Waals surface area contributed by atoms with Gasteiger partial charge < -0.3 is 19.4 Å². The maximum atomic E-state index is 13.2. The van der Waals surface area contributed by atoms with Crippen LogP contribution in [-0.2, 0) is 26.6 Å². The molecule has 1 aromatic carbocycles. The third-order valence-corrected chi connectivity index (χ3v) is 6.82. The normalized spacial score (nSPS) is 17.0. The van der Waals surface area contributed by atoms with Crippen LogP contribution in [0.25, 0.3) is 0 Å². The fourth-order valence-electron chi connectivity index (χ4n) is 3.47. The van der Waals surface area contributed by atoms with Crippen LogP contribution in [0.15, 0.2) is 41.4 Å². The van der Waals surface area contributed by atoms with Crippen LogP contribution in [0.2, 0.25) is 0 Å². The largest absolute Gasteiger partial charge is 0.495 e. The molecule has 0 aliphatic carbocycles. The van der Waals surface area contributed by atoms with Gasteiger partial charge in [0.15, 0.2) is 0 Å². The standard InChI is InChI=1S/C20H25N3O6S/c1-4-29-20(25)17-12-14(13-22(17)2)30(26,27)23-11-7-9-16(23)19(24)21-15-8-5-6-10-18(15)28-3/h5-6,8,10,12-13,16H,4,7,9,11H2,1-3H3,(H,21,24). The Kier molecular flexibility index (Phi) is 6.47. The summed E-state index contributed by atoms with van der Waals surface area (Å²) in [7, 11) is -0.914. The number of carbonyl (C=O) groups excluding carboxylic acids is 2. The van der Waals surface area contributed by atoms with Gasteiger partial charge in [0, 0.05) is 19.8 Å². The SMILES string of the molecule is CCOC(=O)c1cc(S(=O)(=O)N2CCCC2C(=O)Nc2ccccc2OC)cn1C. The molecule has 10 heteroatoms. The number of sulfonamides is 1. The van der Waals surface area contributed by atoms with Gasteiger partial charge in [-0.15, -0.1) is 0 Å². The Morgan fingerprint density at radius 2 is 2.00 bits per heavy atom. The van der Waals surface area contributed by atoms with E-state index in [1.54, 1.807) is 38.2 Å². The van der Waals surface area contributed by atoms with Gasteiger partial charge in [0.05, 0.1) is 19.4 Å². The molecule has 0 spiro atoms. The summed E-state index contributed by atoms with van der Waals surface area (Å²) >= 11 is 0. The molecule has 1 aliphatic heterocycles. The molecule has 0 radical (unpaired) electrons. The molecule has 2 heterocycles. The number of aromatic nitrogens is 1. The number of hydrogen-bond donors (Lipinski definition) is 1. The van der Waals surface area contributed by atoms with E-state index in [1.165, 1.54) is 28.2 Å². The van der Waals surface area contributed by atoms with Gasteiger partial charge in [-0.25, -0.2) is 13.2 Å². The average Bonchev–Trinajstić information content (AvgIpc) is 3.36. The monoisotopic (exact) mass is 435 g/mol. The van der Waals surface area contributed by atoms with Gasteiger partial charge in [0.2, 0.25) is 15.9 Å². The lowest BCUT2D eigenvalue weighted by Gasteiger charge is -2.23. The van der Waals surface area contributed by atoms with Crippen molar-refractivity contribution < 1.29 is 27.5 Å². The van der Waals surface area contributed by atoms with Crippen LogP contribution in [0.1, 0.15) is 30.3 Å². The van der Waals surface area contributed by atoms with Gasteiger partial charge in [-0.3, -0.25) is 4.79 Å². The first-order valence-electron chi connectivity index (χ1n) is 9.58. The number of methoxy groups -OCH3 is 1. The number of amides is 1. The molecular weight excluding hydrogens is 410 g/mol. The molecule has 1 fully saturated rings. The number of esters is 1. The number of anilines is 1. The van der Waals surface area contributed by atoms with E-state index in [0.29, 0.717) is 24.3 Å². The third kappa shape index (κ3) is 4.19. The van der Waals surface area contributed by atoms with Crippen LogP contribution >= 0.6 is 0 Å². The fraction of sp³-hybridized carbons (Fsp3) is 0.400. The van der Waals surface area contributed by atoms with Crippen LogP contribution in [-0.4, -0.2) is 55.5 Å². The van der Waals surface area contributed by atoms with Crippen molar-refractivity contribution in [2.24, 2.45) is 7.05 Å². The summed E-state index contributed by atoms with van der Waals surface area (Å²) in [4.78, 5) is 24.9. The van der Waals surface area contributed by atoms with Crippen molar-refractivity contribution in [2.75, 3.05) is 25.6 Å². The molecule has 9 nitrogen and oxygen atoms in total. The van der Waals surface area contributed by atoms with E-state index in [0.717, 1.165) is 0 Å². The van der Waals surface area contributed by atoms with Crippen molar-refractivity contribution in [2.45, 2.75) is 30.7 Å². The lowest BCUT2D eigenvalue weighted by molar-refractivity contribution is -0.119.